The van der Waals surface area contributed by atoms with Crippen molar-refractivity contribution in [1.29, 1.82) is 0 Å². The molecule has 0 saturated heterocycles. The van der Waals surface area contributed by atoms with Crippen LogP contribution >= 0.6 is 0 Å². The minimum atomic E-state index is -1.35. The van der Waals surface area contributed by atoms with Gasteiger partial charge in [0.25, 0.3) is 0 Å². The van der Waals surface area contributed by atoms with Crippen molar-refractivity contribution in [3.8, 4) is 5.75 Å². The van der Waals surface area contributed by atoms with E-state index in [1.165, 1.54) is 5.20 Å². The fourth-order valence-electron chi connectivity index (χ4n) is 1.42. The zero-order valence-corrected chi connectivity index (χ0v) is 11.6. The zero-order chi connectivity index (χ0) is 12.3. The lowest BCUT2D eigenvalue weighted by Gasteiger charge is -2.21. The molecule has 0 aromatic heterocycles. The van der Waals surface area contributed by atoms with E-state index in [9.17, 15) is 0 Å². The first-order chi connectivity index (χ1) is 7.36. The molecule has 0 amide bonds. The van der Waals surface area contributed by atoms with Gasteiger partial charge in [0.15, 0.2) is 0 Å². The van der Waals surface area contributed by atoms with Gasteiger partial charge in [-0.2, -0.15) is 0 Å². The van der Waals surface area contributed by atoms with Gasteiger partial charge in [-0.1, -0.05) is 50.1 Å². The van der Waals surface area contributed by atoms with E-state index < -0.39 is 8.07 Å². The van der Waals surface area contributed by atoms with Gasteiger partial charge in [-0.3, -0.25) is 0 Å². The molecule has 0 heterocycles. The second-order valence-corrected chi connectivity index (χ2v) is 10.0. The second-order valence-electron chi connectivity index (χ2n) is 4.94. The third kappa shape index (κ3) is 2.86. The third-order valence-electron chi connectivity index (χ3n) is 2.71. The molecule has 0 aliphatic rings. The van der Waals surface area contributed by atoms with Crippen molar-refractivity contribution in [3.63, 3.8) is 0 Å². The van der Waals surface area contributed by atoms with Crippen LogP contribution in [0.4, 0.5) is 0 Å². The molecule has 0 radical (unpaired) electrons. The Morgan fingerprint density at radius 3 is 1.94 bits per heavy atom. The fraction of sp³-hybridized carbons (Fsp3) is 0.286. The van der Waals surface area contributed by atoms with Crippen LogP contribution in [0.15, 0.2) is 42.6 Å². The zero-order valence-electron chi connectivity index (χ0n) is 10.6. The number of benzene rings is 1. The summed E-state index contributed by atoms with van der Waals surface area (Å²) < 4.78 is 5.13. The summed E-state index contributed by atoms with van der Waals surface area (Å²) in [5.41, 5.74) is 2.19. The van der Waals surface area contributed by atoms with E-state index in [1.54, 1.807) is 7.11 Å². The molecule has 1 aromatic carbocycles. The van der Waals surface area contributed by atoms with Gasteiger partial charge in [-0.15, -0.1) is 0 Å². The van der Waals surface area contributed by atoms with Gasteiger partial charge in [0.05, 0.1) is 15.2 Å². The van der Waals surface area contributed by atoms with Crippen molar-refractivity contribution in [2.75, 3.05) is 7.11 Å². The van der Waals surface area contributed by atoms with Crippen LogP contribution in [0.25, 0.3) is 5.57 Å². The summed E-state index contributed by atoms with van der Waals surface area (Å²) in [5, 5.41) is 1.21. The number of rotatable bonds is 4. The predicted octanol–water partition coefficient (Wildman–Crippen LogP) is 4.14. The standard InChI is InChI=1S/C14H20OSi/c1-11(12(2)16(4,5)6)13-7-9-14(15-3)10-8-13/h7-10H,1-2H2,3-6H3. The summed E-state index contributed by atoms with van der Waals surface area (Å²) in [6.45, 7) is 15.2. The van der Waals surface area contributed by atoms with Crippen LogP contribution in [0.1, 0.15) is 5.56 Å². The van der Waals surface area contributed by atoms with Crippen LogP contribution in [0.3, 0.4) is 0 Å². The molecular weight excluding hydrogens is 212 g/mol. The lowest BCUT2D eigenvalue weighted by molar-refractivity contribution is 0.415. The highest BCUT2D eigenvalue weighted by atomic mass is 28.3. The van der Waals surface area contributed by atoms with Crippen LogP contribution in [0, 0.1) is 0 Å². The monoisotopic (exact) mass is 232 g/mol. The minimum absolute atomic E-state index is 0.871. The molecule has 1 nitrogen and oxygen atoms in total. The molecule has 86 valence electrons. The lowest BCUT2D eigenvalue weighted by atomic mass is 10.1. The van der Waals surface area contributed by atoms with Crippen molar-refractivity contribution >= 4 is 13.6 Å². The molecule has 0 unspecified atom stereocenters. The summed E-state index contributed by atoms with van der Waals surface area (Å²) in [4.78, 5) is 0. The normalized spacial score (nSPS) is 11.0. The first-order valence-electron chi connectivity index (χ1n) is 5.39. The van der Waals surface area contributed by atoms with E-state index >= 15 is 0 Å². The highest BCUT2D eigenvalue weighted by Gasteiger charge is 2.20. The van der Waals surface area contributed by atoms with Crippen LogP contribution in [0.5, 0.6) is 5.75 Å². The molecule has 0 aliphatic carbocycles. The van der Waals surface area contributed by atoms with Crippen molar-refractivity contribution in [3.05, 3.63) is 48.2 Å². The molecule has 2 heteroatoms. The summed E-state index contributed by atoms with van der Waals surface area (Å²) in [6.07, 6.45) is 0. The van der Waals surface area contributed by atoms with Crippen LogP contribution < -0.4 is 4.74 Å². The number of methoxy groups -OCH3 is 1. The fourth-order valence-corrected chi connectivity index (χ4v) is 2.47. The van der Waals surface area contributed by atoms with Crippen molar-refractivity contribution in [2.45, 2.75) is 19.6 Å². The average Bonchev–Trinajstić information content (AvgIpc) is 2.26. The molecule has 0 fully saturated rings. The van der Waals surface area contributed by atoms with E-state index in [1.807, 2.05) is 24.3 Å². The second kappa shape index (κ2) is 4.70. The highest BCUT2D eigenvalue weighted by Crippen LogP contribution is 2.28. The molecule has 1 aromatic rings. The molecular formula is C14H20OSi. The molecule has 0 spiro atoms. The predicted molar refractivity (Wildman–Crippen MR) is 74.5 cm³/mol. The maximum atomic E-state index is 5.13. The average molecular weight is 232 g/mol. The Morgan fingerprint density at radius 2 is 1.56 bits per heavy atom. The van der Waals surface area contributed by atoms with Gasteiger partial charge in [0, 0.05) is 0 Å². The summed E-state index contributed by atoms with van der Waals surface area (Å²) in [6, 6.07) is 7.98. The third-order valence-corrected chi connectivity index (χ3v) is 4.82. The van der Waals surface area contributed by atoms with Gasteiger partial charge >= 0.3 is 0 Å². The van der Waals surface area contributed by atoms with Crippen LogP contribution in [-0.2, 0) is 0 Å². The molecule has 0 aliphatic heterocycles. The van der Waals surface area contributed by atoms with Gasteiger partial charge in [0.1, 0.15) is 5.75 Å². The Balaban J connectivity index is 2.93. The van der Waals surface area contributed by atoms with Crippen LogP contribution in [0.2, 0.25) is 19.6 Å². The molecule has 1 rings (SSSR count). The smallest absolute Gasteiger partial charge is 0.118 e. The van der Waals surface area contributed by atoms with E-state index in [0.717, 1.165) is 16.9 Å². The quantitative estimate of drug-likeness (QED) is 0.560. The number of allylic oxidation sites excluding steroid dienone is 2. The Bertz CT molecular complexity index is 396. The van der Waals surface area contributed by atoms with E-state index in [4.69, 9.17) is 4.74 Å². The molecule has 0 saturated carbocycles. The van der Waals surface area contributed by atoms with Gasteiger partial charge in [-0.25, -0.2) is 0 Å². The topological polar surface area (TPSA) is 9.23 Å². The van der Waals surface area contributed by atoms with Gasteiger partial charge in [-0.05, 0) is 23.3 Å². The Hall–Kier alpha value is -1.28. The van der Waals surface area contributed by atoms with Crippen molar-refractivity contribution in [2.24, 2.45) is 0 Å². The Labute approximate surface area is 99.5 Å². The Kier molecular flexibility index (Phi) is 3.76. The number of ether oxygens (including phenoxy) is 1. The number of hydrogen-bond acceptors (Lipinski definition) is 1. The van der Waals surface area contributed by atoms with Gasteiger partial charge < -0.3 is 4.74 Å². The minimum Gasteiger partial charge on any atom is -0.497 e. The largest absolute Gasteiger partial charge is 0.497 e. The first kappa shape index (κ1) is 12.8. The van der Waals surface area contributed by atoms with Crippen molar-refractivity contribution in [1.82, 2.24) is 0 Å². The maximum Gasteiger partial charge on any atom is 0.118 e. The summed E-state index contributed by atoms with van der Waals surface area (Å²) in [5.74, 6) is 0.871. The summed E-state index contributed by atoms with van der Waals surface area (Å²) in [7, 11) is 0.318. The van der Waals surface area contributed by atoms with Crippen LogP contribution in [-0.4, -0.2) is 15.2 Å². The lowest BCUT2D eigenvalue weighted by Crippen LogP contribution is -2.23. The van der Waals surface area contributed by atoms with E-state index in [0.29, 0.717) is 0 Å². The van der Waals surface area contributed by atoms with E-state index in [-0.39, 0.29) is 0 Å². The molecule has 0 atom stereocenters. The van der Waals surface area contributed by atoms with Crippen molar-refractivity contribution < 1.29 is 4.74 Å². The molecule has 0 N–H and O–H groups in total. The maximum absolute atomic E-state index is 5.13. The molecule has 0 bridgehead atoms. The SMILES string of the molecule is C=C(C(=C)[Si](C)(C)C)c1ccc(OC)cc1. The Morgan fingerprint density at radius 1 is 1.06 bits per heavy atom. The summed E-state index contributed by atoms with van der Waals surface area (Å²) >= 11 is 0. The highest BCUT2D eigenvalue weighted by molar-refractivity contribution is 6.85. The number of hydrogen-bond donors (Lipinski definition) is 0. The molecule has 16 heavy (non-hydrogen) atoms. The first-order valence-corrected chi connectivity index (χ1v) is 8.89. The van der Waals surface area contributed by atoms with E-state index in [2.05, 4.69) is 32.8 Å². The van der Waals surface area contributed by atoms with Gasteiger partial charge in [0.2, 0.25) is 0 Å².